The summed E-state index contributed by atoms with van der Waals surface area (Å²) in [6, 6.07) is 1.78. The van der Waals surface area contributed by atoms with E-state index in [1.54, 1.807) is 0 Å². The molecule has 0 saturated carbocycles. The summed E-state index contributed by atoms with van der Waals surface area (Å²) in [7, 11) is 0. The van der Waals surface area contributed by atoms with Gasteiger partial charge < -0.3 is 10.8 Å². The standard InChI is InChI=1S/C11H13BrFNO2/c1-5(2)7-3-6(10(14)11(15)16)4-8(12)9(7)13/h3-5,10H,14H2,1-2H3,(H,15,16). The van der Waals surface area contributed by atoms with Gasteiger partial charge in [0.1, 0.15) is 11.9 Å². The minimum absolute atomic E-state index is 0.0303. The molecule has 1 unspecified atom stereocenters. The van der Waals surface area contributed by atoms with Gasteiger partial charge in [-0.25, -0.2) is 4.39 Å². The number of hydrogen-bond acceptors (Lipinski definition) is 2. The Morgan fingerprint density at radius 2 is 2.06 bits per heavy atom. The molecule has 5 heteroatoms. The number of aliphatic carboxylic acids is 1. The predicted molar refractivity (Wildman–Crippen MR) is 62.8 cm³/mol. The molecular formula is C11H13BrFNO2. The maximum absolute atomic E-state index is 13.7. The zero-order chi connectivity index (χ0) is 12.5. The number of nitrogens with two attached hydrogens (primary N) is 1. The van der Waals surface area contributed by atoms with E-state index < -0.39 is 12.0 Å². The van der Waals surface area contributed by atoms with Crippen molar-refractivity contribution in [1.29, 1.82) is 0 Å². The van der Waals surface area contributed by atoms with Crippen molar-refractivity contribution in [3.63, 3.8) is 0 Å². The van der Waals surface area contributed by atoms with Crippen LogP contribution >= 0.6 is 15.9 Å². The number of halogens is 2. The quantitative estimate of drug-likeness (QED) is 0.899. The van der Waals surface area contributed by atoms with Crippen LogP contribution in [-0.2, 0) is 4.79 Å². The summed E-state index contributed by atoms with van der Waals surface area (Å²) in [5.74, 6) is -1.53. The first-order valence-electron chi connectivity index (χ1n) is 4.81. The van der Waals surface area contributed by atoms with Crippen LogP contribution in [0.4, 0.5) is 4.39 Å². The highest BCUT2D eigenvalue weighted by molar-refractivity contribution is 9.10. The van der Waals surface area contributed by atoms with E-state index in [1.165, 1.54) is 12.1 Å². The van der Waals surface area contributed by atoms with Gasteiger partial charge in [-0.3, -0.25) is 4.79 Å². The Morgan fingerprint density at radius 1 is 1.50 bits per heavy atom. The minimum Gasteiger partial charge on any atom is -0.480 e. The normalized spacial score (nSPS) is 12.9. The fourth-order valence-corrected chi connectivity index (χ4v) is 1.87. The molecule has 0 aliphatic carbocycles. The molecule has 0 heterocycles. The lowest BCUT2D eigenvalue weighted by molar-refractivity contribution is -0.138. The van der Waals surface area contributed by atoms with E-state index in [1.807, 2.05) is 13.8 Å². The van der Waals surface area contributed by atoms with E-state index >= 15 is 0 Å². The fraction of sp³-hybridized carbons (Fsp3) is 0.364. The number of rotatable bonds is 3. The molecule has 0 aliphatic rings. The van der Waals surface area contributed by atoms with Crippen molar-refractivity contribution in [3.05, 3.63) is 33.5 Å². The van der Waals surface area contributed by atoms with E-state index in [4.69, 9.17) is 10.8 Å². The third kappa shape index (κ3) is 2.59. The number of hydrogen-bond donors (Lipinski definition) is 2. The van der Waals surface area contributed by atoms with Gasteiger partial charge in [0.15, 0.2) is 0 Å². The molecule has 3 nitrogen and oxygen atoms in total. The van der Waals surface area contributed by atoms with E-state index in [0.29, 0.717) is 11.1 Å². The summed E-state index contributed by atoms with van der Waals surface area (Å²) in [6.07, 6.45) is 0. The third-order valence-corrected chi connectivity index (χ3v) is 2.90. The van der Waals surface area contributed by atoms with Crippen LogP contribution in [0.15, 0.2) is 16.6 Å². The van der Waals surface area contributed by atoms with Crippen LogP contribution < -0.4 is 5.73 Å². The largest absolute Gasteiger partial charge is 0.480 e. The van der Waals surface area contributed by atoms with Gasteiger partial charge in [-0.05, 0) is 39.0 Å². The Bertz CT molecular complexity index is 421. The second-order valence-corrected chi connectivity index (χ2v) is 4.73. The van der Waals surface area contributed by atoms with Crippen molar-refractivity contribution in [2.24, 2.45) is 5.73 Å². The first kappa shape index (κ1) is 13.1. The summed E-state index contributed by atoms with van der Waals surface area (Å²) in [5.41, 5.74) is 6.34. The number of carboxylic acid groups (broad SMARTS) is 1. The smallest absolute Gasteiger partial charge is 0.325 e. The van der Waals surface area contributed by atoms with E-state index in [2.05, 4.69) is 15.9 Å². The summed E-state index contributed by atoms with van der Waals surface area (Å²) in [4.78, 5) is 10.7. The predicted octanol–water partition coefficient (Wildman–Crippen LogP) is 2.80. The molecule has 0 spiro atoms. The van der Waals surface area contributed by atoms with Crippen molar-refractivity contribution in [2.75, 3.05) is 0 Å². The Kier molecular flexibility index (Phi) is 4.04. The van der Waals surface area contributed by atoms with Gasteiger partial charge in [-0.15, -0.1) is 0 Å². The molecule has 3 N–H and O–H groups in total. The molecule has 88 valence electrons. The van der Waals surface area contributed by atoms with E-state index in [0.717, 1.165) is 0 Å². The lowest BCUT2D eigenvalue weighted by Gasteiger charge is -2.13. The van der Waals surface area contributed by atoms with Crippen LogP contribution in [0.2, 0.25) is 0 Å². The van der Waals surface area contributed by atoms with Crippen LogP contribution in [0.25, 0.3) is 0 Å². The molecular weight excluding hydrogens is 277 g/mol. The Balaban J connectivity index is 3.29. The Morgan fingerprint density at radius 3 is 2.50 bits per heavy atom. The second kappa shape index (κ2) is 4.93. The fourth-order valence-electron chi connectivity index (χ4n) is 1.37. The van der Waals surface area contributed by atoms with E-state index in [-0.39, 0.29) is 16.2 Å². The zero-order valence-electron chi connectivity index (χ0n) is 9.00. The van der Waals surface area contributed by atoms with Crippen molar-refractivity contribution in [2.45, 2.75) is 25.8 Å². The highest BCUT2D eigenvalue weighted by Gasteiger charge is 2.19. The first-order valence-corrected chi connectivity index (χ1v) is 5.61. The molecule has 0 radical (unpaired) electrons. The maximum Gasteiger partial charge on any atom is 0.325 e. The van der Waals surface area contributed by atoms with E-state index in [9.17, 15) is 9.18 Å². The van der Waals surface area contributed by atoms with Crippen LogP contribution in [0.3, 0.4) is 0 Å². The average Bonchev–Trinajstić information content (AvgIpc) is 2.20. The monoisotopic (exact) mass is 289 g/mol. The zero-order valence-corrected chi connectivity index (χ0v) is 10.6. The van der Waals surface area contributed by atoms with Gasteiger partial charge in [0, 0.05) is 0 Å². The first-order chi connectivity index (χ1) is 7.34. The molecule has 0 amide bonds. The molecule has 1 aromatic rings. The van der Waals surface area contributed by atoms with Crippen molar-refractivity contribution < 1.29 is 14.3 Å². The molecule has 0 bridgehead atoms. The van der Waals surface area contributed by atoms with Crippen molar-refractivity contribution in [1.82, 2.24) is 0 Å². The summed E-state index contributed by atoms with van der Waals surface area (Å²) in [5, 5.41) is 8.79. The maximum atomic E-state index is 13.7. The molecule has 16 heavy (non-hydrogen) atoms. The SMILES string of the molecule is CC(C)c1cc(C(N)C(=O)O)cc(Br)c1F. The number of carboxylic acids is 1. The van der Waals surface area contributed by atoms with Crippen LogP contribution in [0.1, 0.15) is 36.9 Å². The van der Waals surface area contributed by atoms with Crippen molar-refractivity contribution >= 4 is 21.9 Å². The van der Waals surface area contributed by atoms with Gasteiger partial charge >= 0.3 is 5.97 Å². The summed E-state index contributed by atoms with van der Waals surface area (Å²) >= 11 is 3.06. The molecule has 1 aromatic carbocycles. The number of benzene rings is 1. The lowest BCUT2D eigenvalue weighted by atomic mass is 9.97. The summed E-state index contributed by atoms with van der Waals surface area (Å²) in [6.45, 7) is 3.67. The molecule has 0 fully saturated rings. The van der Waals surface area contributed by atoms with Crippen LogP contribution in [0.5, 0.6) is 0 Å². The Hall–Kier alpha value is -0.940. The van der Waals surface area contributed by atoms with Gasteiger partial charge in [-0.2, -0.15) is 0 Å². The van der Waals surface area contributed by atoms with Crippen molar-refractivity contribution in [3.8, 4) is 0 Å². The number of carbonyl (C=O) groups is 1. The van der Waals surface area contributed by atoms with Gasteiger partial charge in [-0.1, -0.05) is 19.9 Å². The average molecular weight is 290 g/mol. The minimum atomic E-state index is -1.13. The van der Waals surface area contributed by atoms with Crippen LogP contribution in [0, 0.1) is 5.82 Å². The highest BCUT2D eigenvalue weighted by Crippen LogP contribution is 2.28. The Labute approximate surface area is 102 Å². The highest BCUT2D eigenvalue weighted by atomic mass is 79.9. The molecule has 0 aliphatic heterocycles. The second-order valence-electron chi connectivity index (χ2n) is 3.88. The molecule has 0 aromatic heterocycles. The lowest BCUT2D eigenvalue weighted by Crippen LogP contribution is -2.21. The van der Waals surface area contributed by atoms with Crippen LogP contribution in [-0.4, -0.2) is 11.1 Å². The molecule has 0 saturated heterocycles. The van der Waals surface area contributed by atoms with Gasteiger partial charge in [0.25, 0.3) is 0 Å². The van der Waals surface area contributed by atoms with Gasteiger partial charge in [0.05, 0.1) is 4.47 Å². The third-order valence-electron chi connectivity index (χ3n) is 2.33. The molecule has 1 atom stereocenters. The topological polar surface area (TPSA) is 63.3 Å². The summed E-state index contributed by atoms with van der Waals surface area (Å²) < 4.78 is 13.9. The molecule has 1 rings (SSSR count). The van der Waals surface area contributed by atoms with Gasteiger partial charge in [0.2, 0.25) is 0 Å².